The van der Waals surface area contributed by atoms with Crippen LogP contribution in [0.1, 0.15) is 46.0 Å². The molecule has 0 aromatic rings. The van der Waals surface area contributed by atoms with Crippen molar-refractivity contribution in [2.24, 2.45) is 0 Å². The molecule has 90 valence electrons. The van der Waals surface area contributed by atoms with Crippen LogP contribution in [-0.4, -0.2) is 36.5 Å². The minimum atomic E-state index is -0.292. The van der Waals surface area contributed by atoms with Crippen LogP contribution in [-0.2, 0) is 4.74 Å². The molecule has 1 fully saturated rings. The molecule has 0 saturated heterocycles. The Bertz CT molecular complexity index is 156. The fourth-order valence-electron chi connectivity index (χ4n) is 1.91. The topological polar surface area (TPSA) is 41.5 Å². The Labute approximate surface area is 93.2 Å². The molecule has 0 aromatic carbocycles. The largest absolute Gasteiger partial charge is 0.392 e. The monoisotopic (exact) mass is 215 g/mol. The lowest BCUT2D eigenvalue weighted by molar-refractivity contribution is 0.0275. The molecular formula is C12H25NO2. The average Bonchev–Trinajstić information content (AvgIpc) is 2.25. The maximum Gasteiger partial charge on any atom is 0.0662 e. The van der Waals surface area contributed by atoms with Crippen molar-refractivity contribution in [3.05, 3.63) is 0 Å². The first-order valence-electron chi connectivity index (χ1n) is 6.23. The normalized spacial score (nSPS) is 22.6. The van der Waals surface area contributed by atoms with Gasteiger partial charge >= 0.3 is 0 Å². The number of ether oxygens (including phenoxy) is 1. The maximum atomic E-state index is 9.27. The first-order valence-corrected chi connectivity index (χ1v) is 6.23. The minimum absolute atomic E-state index is 0.153. The van der Waals surface area contributed by atoms with Crippen molar-refractivity contribution in [1.82, 2.24) is 5.32 Å². The van der Waals surface area contributed by atoms with E-state index in [1.54, 1.807) is 6.92 Å². The number of aliphatic hydroxyl groups is 1. The minimum Gasteiger partial charge on any atom is -0.392 e. The van der Waals surface area contributed by atoms with Gasteiger partial charge in [-0.3, -0.25) is 0 Å². The Kier molecular flexibility index (Phi) is 6.22. The van der Waals surface area contributed by atoms with E-state index in [1.807, 2.05) is 6.92 Å². The van der Waals surface area contributed by atoms with Crippen LogP contribution in [0.5, 0.6) is 0 Å². The molecule has 1 aliphatic rings. The number of rotatable bonds is 6. The highest BCUT2D eigenvalue weighted by atomic mass is 16.5. The predicted molar refractivity (Wildman–Crippen MR) is 62.0 cm³/mol. The first kappa shape index (κ1) is 12.9. The molecule has 2 N–H and O–H groups in total. The standard InChI is InChI=1S/C12H25NO2/c1-10(11(2)14)13-8-9-15-12-6-4-3-5-7-12/h10-14H,3-9H2,1-2H3. The van der Waals surface area contributed by atoms with E-state index < -0.39 is 0 Å². The van der Waals surface area contributed by atoms with Crippen LogP contribution in [0.2, 0.25) is 0 Å². The Morgan fingerprint density at radius 2 is 1.93 bits per heavy atom. The van der Waals surface area contributed by atoms with Gasteiger partial charge in [-0.25, -0.2) is 0 Å². The van der Waals surface area contributed by atoms with Crippen molar-refractivity contribution in [2.75, 3.05) is 13.2 Å². The molecule has 0 amide bonds. The second-order valence-corrected chi connectivity index (χ2v) is 4.61. The van der Waals surface area contributed by atoms with Crippen molar-refractivity contribution in [1.29, 1.82) is 0 Å². The summed E-state index contributed by atoms with van der Waals surface area (Å²) in [6.45, 7) is 5.40. The van der Waals surface area contributed by atoms with E-state index in [9.17, 15) is 5.11 Å². The summed E-state index contributed by atoms with van der Waals surface area (Å²) in [4.78, 5) is 0. The molecule has 3 heteroatoms. The van der Waals surface area contributed by atoms with Gasteiger partial charge in [0.25, 0.3) is 0 Å². The summed E-state index contributed by atoms with van der Waals surface area (Å²) in [7, 11) is 0. The third kappa shape index (κ3) is 5.50. The Morgan fingerprint density at radius 1 is 1.27 bits per heavy atom. The van der Waals surface area contributed by atoms with Crippen molar-refractivity contribution >= 4 is 0 Å². The SMILES string of the molecule is CC(O)C(C)NCCOC1CCCCC1. The fraction of sp³-hybridized carbons (Fsp3) is 1.00. The van der Waals surface area contributed by atoms with Crippen LogP contribution in [0.3, 0.4) is 0 Å². The highest BCUT2D eigenvalue weighted by Gasteiger charge is 2.13. The van der Waals surface area contributed by atoms with Gasteiger partial charge in [-0.05, 0) is 26.7 Å². The second kappa shape index (κ2) is 7.20. The molecule has 1 saturated carbocycles. The summed E-state index contributed by atoms with van der Waals surface area (Å²) >= 11 is 0. The van der Waals surface area contributed by atoms with Crippen LogP contribution in [0.4, 0.5) is 0 Å². The van der Waals surface area contributed by atoms with Crippen LogP contribution in [0.25, 0.3) is 0 Å². The zero-order chi connectivity index (χ0) is 11.1. The van der Waals surface area contributed by atoms with Gasteiger partial charge in [-0.2, -0.15) is 0 Å². The summed E-state index contributed by atoms with van der Waals surface area (Å²) in [5.74, 6) is 0. The Balaban J connectivity index is 1.96. The quantitative estimate of drug-likeness (QED) is 0.663. The van der Waals surface area contributed by atoms with Crippen molar-refractivity contribution in [3.63, 3.8) is 0 Å². The van der Waals surface area contributed by atoms with E-state index in [1.165, 1.54) is 32.1 Å². The van der Waals surface area contributed by atoms with E-state index in [4.69, 9.17) is 4.74 Å². The molecule has 1 rings (SSSR count). The van der Waals surface area contributed by atoms with Gasteiger partial charge in [0.15, 0.2) is 0 Å². The van der Waals surface area contributed by atoms with Gasteiger partial charge in [-0.15, -0.1) is 0 Å². The Morgan fingerprint density at radius 3 is 2.53 bits per heavy atom. The second-order valence-electron chi connectivity index (χ2n) is 4.61. The zero-order valence-electron chi connectivity index (χ0n) is 10.0. The third-order valence-electron chi connectivity index (χ3n) is 3.20. The molecule has 15 heavy (non-hydrogen) atoms. The summed E-state index contributed by atoms with van der Waals surface area (Å²) in [6, 6.07) is 0.153. The van der Waals surface area contributed by atoms with Gasteiger partial charge < -0.3 is 15.2 Å². The van der Waals surface area contributed by atoms with Crippen LogP contribution < -0.4 is 5.32 Å². The molecule has 2 atom stereocenters. The molecule has 0 heterocycles. The van der Waals surface area contributed by atoms with Gasteiger partial charge in [0.2, 0.25) is 0 Å². The van der Waals surface area contributed by atoms with E-state index >= 15 is 0 Å². The van der Waals surface area contributed by atoms with E-state index in [2.05, 4.69) is 5.32 Å². The molecule has 2 unspecified atom stereocenters. The van der Waals surface area contributed by atoms with Crippen LogP contribution in [0.15, 0.2) is 0 Å². The van der Waals surface area contributed by atoms with Crippen LogP contribution >= 0.6 is 0 Å². The Hall–Kier alpha value is -0.120. The first-order chi connectivity index (χ1) is 7.20. The van der Waals surface area contributed by atoms with Gasteiger partial charge in [-0.1, -0.05) is 19.3 Å². The summed E-state index contributed by atoms with van der Waals surface area (Å²) in [6.07, 6.45) is 6.67. The van der Waals surface area contributed by atoms with Gasteiger partial charge in [0.1, 0.15) is 0 Å². The number of aliphatic hydroxyl groups excluding tert-OH is 1. The molecule has 0 aliphatic heterocycles. The smallest absolute Gasteiger partial charge is 0.0662 e. The van der Waals surface area contributed by atoms with Crippen molar-refractivity contribution in [3.8, 4) is 0 Å². The average molecular weight is 215 g/mol. The van der Waals surface area contributed by atoms with Gasteiger partial charge in [0, 0.05) is 12.6 Å². The molecule has 0 bridgehead atoms. The van der Waals surface area contributed by atoms with E-state index in [-0.39, 0.29) is 12.1 Å². The van der Waals surface area contributed by atoms with Crippen LogP contribution in [0, 0.1) is 0 Å². The molecule has 0 aromatic heterocycles. The lowest BCUT2D eigenvalue weighted by Gasteiger charge is -2.23. The maximum absolute atomic E-state index is 9.27. The summed E-state index contributed by atoms with van der Waals surface area (Å²) in [5, 5.41) is 12.5. The third-order valence-corrected chi connectivity index (χ3v) is 3.20. The fourth-order valence-corrected chi connectivity index (χ4v) is 1.91. The van der Waals surface area contributed by atoms with E-state index in [0.29, 0.717) is 6.10 Å². The summed E-state index contributed by atoms with van der Waals surface area (Å²) in [5.41, 5.74) is 0. The molecular weight excluding hydrogens is 190 g/mol. The molecule has 1 aliphatic carbocycles. The molecule has 0 spiro atoms. The number of nitrogens with one attached hydrogen (secondary N) is 1. The lowest BCUT2D eigenvalue weighted by atomic mass is 9.98. The summed E-state index contributed by atoms with van der Waals surface area (Å²) < 4.78 is 5.77. The number of hydrogen-bond acceptors (Lipinski definition) is 3. The van der Waals surface area contributed by atoms with Gasteiger partial charge in [0.05, 0.1) is 18.8 Å². The highest BCUT2D eigenvalue weighted by molar-refractivity contribution is 4.67. The van der Waals surface area contributed by atoms with Crippen molar-refractivity contribution in [2.45, 2.75) is 64.2 Å². The molecule has 0 radical (unpaired) electrons. The lowest BCUT2D eigenvalue weighted by Crippen LogP contribution is -2.38. The zero-order valence-corrected chi connectivity index (χ0v) is 10.0. The number of hydrogen-bond donors (Lipinski definition) is 2. The highest BCUT2D eigenvalue weighted by Crippen LogP contribution is 2.19. The van der Waals surface area contributed by atoms with Crippen molar-refractivity contribution < 1.29 is 9.84 Å². The molecule has 3 nitrogen and oxygen atoms in total. The predicted octanol–water partition coefficient (Wildman–Crippen LogP) is 1.69. The van der Waals surface area contributed by atoms with E-state index in [0.717, 1.165) is 13.2 Å².